The molecule has 1 rings (SSSR count). The van der Waals surface area contributed by atoms with Crippen molar-refractivity contribution in [2.24, 2.45) is 10.8 Å². The van der Waals surface area contributed by atoms with Crippen LogP contribution in [0.2, 0.25) is 0 Å². The average Bonchev–Trinajstić information content (AvgIpc) is 2.39. The van der Waals surface area contributed by atoms with Gasteiger partial charge in [-0.1, -0.05) is 27.7 Å². The molecule has 3 atom stereocenters. The Labute approximate surface area is 154 Å². The zero-order valence-corrected chi connectivity index (χ0v) is 17.9. The van der Waals surface area contributed by atoms with Crippen molar-refractivity contribution in [1.82, 2.24) is 0 Å². The van der Waals surface area contributed by atoms with Crippen molar-refractivity contribution in [2.75, 3.05) is 6.61 Å². The van der Waals surface area contributed by atoms with Gasteiger partial charge in [0.15, 0.2) is 7.47 Å². The highest BCUT2D eigenvalue weighted by Crippen LogP contribution is 2.67. The van der Waals surface area contributed by atoms with E-state index in [1.165, 1.54) is 0 Å². The van der Waals surface area contributed by atoms with Crippen molar-refractivity contribution in [3.05, 3.63) is 0 Å². The summed E-state index contributed by atoms with van der Waals surface area (Å²) in [6.07, 6.45) is 0. The monoisotopic (exact) mass is 437 g/mol. The Kier molecular flexibility index (Phi) is 6.38. The van der Waals surface area contributed by atoms with Crippen LogP contribution in [0.3, 0.4) is 0 Å². The third kappa shape index (κ3) is 4.90. The van der Waals surface area contributed by atoms with Crippen LogP contribution in [0.15, 0.2) is 0 Å². The van der Waals surface area contributed by atoms with Gasteiger partial charge in [-0.25, -0.2) is 13.4 Å². The summed E-state index contributed by atoms with van der Waals surface area (Å²) in [6.45, 7) is 13.6. The molecule has 0 bridgehead atoms. The number of hydrogen-bond acceptors (Lipinski definition) is 7. The van der Waals surface area contributed by atoms with E-state index in [1.54, 1.807) is 6.92 Å². The lowest BCUT2D eigenvalue weighted by molar-refractivity contribution is -0.123. The molecule has 0 radical (unpaired) electrons. The van der Waals surface area contributed by atoms with E-state index in [-0.39, 0.29) is 12.0 Å². The minimum atomic E-state index is -5.29. The number of hydrogen-bond donors (Lipinski definition) is 3. The predicted molar refractivity (Wildman–Crippen MR) is 98.7 cm³/mol. The molecule has 1 heterocycles. The molecule has 10 nitrogen and oxygen atoms in total. The molecule has 0 saturated carbocycles. The van der Waals surface area contributed by atoms with Crippen LogP contribution >= 0.6 is 23.1 Å². The van der Waals surface area contributed by atoms with Crippen LogP contribution in [-0.2, 0) is 31.6 Å². The predicted octanol–water partition coefficient (Wildman–Crippen LogP) is 2.32. The van der Waals surface area contributed by atoms with Gasteiger partial charge in [-0.3, -0.25) is 0 Å². The highest BCUT2D eigenvalue weighted by molar-refractivity contribution is 7.84. The van der Waals surface area contributed by atoms with Gasteiger partial charge < -0.3 is 28.5 Å². The minimum Gasteiger partial charge on any atom is -0.366 e. The second-order valence-electron chi connectivity index (χ2n) is 7.71. The van der Waals surface area contributed by atoms with Gasteiger partial charge >= 0.3 is 15.6 Å². The lowest BCUT2D eigenvalue weighted by atomic mass is 9.57. The van der Waals surface area contributed by atoms with Crippen LogP contribution in [0.5, 0.6) is 0 Å². The van der Waals surface area contributed by atoms with E-state index < -0.39 is 47.3 Å². The molecule has 0 aromatic rings. The fraction of sp³-hybridized carbons (Fsp3) is 1.00. The van der Waals surface area contributed by atoms with Crippen LogP contribution in [0.4, 0.5) is 0 Å². The first-order valence-corrected chi connectivity index (χ1v) is 11.5. The molecule has 0 spiro atoms. The summed E-state index contributed by atoms with van der Waals surface area (Å²) in [5.74, 6) is 0. The maximum absolute atomic E-state index is 12.5. The smallest absolute Gasteiger partial charge is 0.366 e. The molecule has 0 amide bonds. The van der Waals surface area contributed by atoms with E-state index in [9.17, 15) is 18.6 Å². The molecular weight excluding hydrogens is 408 g/mol. The first-order chi connectivity index (χ1) is 11.1. The average molecular weight is 437 g/mol. The Hall–Kier alpha value is 0.475. The van der Waals surface area contributed by atoms with Gasteiger partial charge in [-0.2, -0.15) is 4.31 Å². The van der Waals surface area contributed by atoms with Crippen LogP contribution in [0.1, 0.15) is 48.5 Å². The Morgan fingerprint density at radius 3 is 1.69 bits per heavy atom. The van der Waals surface area contributed by atoms with Crippen molar-refractivity contribution >= 4 is 30.7 Å². The van der Waals surface area contributed by atoms with E-state index in [1.807, 2.05) is 27.7 Å². The topological polar surface area (TPSA) is 149 Å². The number of ether oxygens (including phenoxy) is 1. The van der Waals surface area contributed by atoms with Gasteiger partial charge in [0.1, 0.15) is 0 Å². The van der Waals surface area contributed by atoms with E-state index in [0.717, 1.165) is 0 Å². The number of phosphoric acid groups is 2. The summed E-state index contributed by atoms with van der Waals surface area (Å²) in [5, 5.41) is 0. The molecular formula is C12H29BO10P3-. The second kappa shape index (κ2) is 6.77. The Balaban J connectivity index is 2.96. The molecule has 0 aromatic heterocycles. The highest BCUT2D eigenvalue weighted by Gasteiger charge is 2.66. The van der Waals surface area contributed by atoms with E-state index in [4.69, 9.17) is 19.0 Å². The SMILES string of the molecule is [BH3-]P(=O)(OC[C@@]1(C)OC(C)(C)C(C)(C)C1(C)C)OP(=O)(O)OP(=O)(O)O. The van der Waals surface area contributed by atoms with Gasteiger partial charge in [0.05, 0.1) is 25.4 Å². The first kappa shape index (κ1) is 24.5. The van der Waals surface area contributed by atoms with Crippen LogP contribution in [0.25, 0.3) is 0 Å². The Morgan fingerprint density at radius 2 is 1.35 bits per heavy atom. The minimum absolute atomic E-state index is 0.177. The Bertz CT molecular complexity index is 699. The molecule has 14 heteroatoms. The van der Waals surface area contributed by atoms with Gasteiger partial charge in [-0.05, 0) is 20.8 Å². The van der Waals surface area contributed by atoms with Crippen molar-refractivity contribution < 1.29 is 46.3 Å². The summed E-state index contributed by atoms with van der Waals surface area (Å²) in [6, 6.07) is 0. The molecule has 1 fully saturated rings. The van der Waals surface area contributed by atoms with E-state index in [2.05, 4.69) is 22.5 Å². The van der Waals surface area contributed by atoms with Crippen LogP contribution in [0, 0.1) is 10.8 Å². The molecule has 26 heavy (non-hydrogen) atoms. The first-order valence-electron chi connectivity index (χ1n) is 7.36. The van der Waals surface area contributed by atoms with Crippen molar-refractivity contribution in [2.45, 2.75) is 59.7 Å². The standard InChI is InChI=1S/C12H29BO10P3/c1-9(2)10(3,4)12(7,21-11(9,5)6)8-20-24(13,14)22-26(18,19)23-25(15,16)17/h8H2,1-7,13H3,(H,18,19)(H2,15,16,17)/q-1/t12-,24?/m1/s1. The summed E-state index contributed by atoms with van der Waals surface area (Å²) >= 11 is 0. The third-order valence-electron chi connectivity index (χ3n) is 5.69. The van der Waals surface area contributed by atoms with Gasteiger partial charge in [0, 0.05) is 10.8 Å². The van der Waals surface area contributed by atoms with Crippen LogP contribution < -0.4 is 0 Å². The normalized spacial score (nSPS) is 32.0. The lowest BCUT2D eigenvalue weighted by Gasteiger charge is -2.45. The quantitative estimate of drug-likeness (QED) is 0.400. The molecule has 2 unspecified atom stereocenters. The zero-order valence-electron chi connectivity index (χ0n) is 15.2. The highest BCUT2D eigenvalue weighted by atomic mass is 31.3. The van der Waals surface area contributed by atoms with Gasteiger partial charge in [-0.15, -0.1) is 0 Å². The fourth-order valence-corrected chi connectivity index (χ4v) is 5.55. The molecule has 1 aliphatic rings. The van der Waals surface area contributed by atoms with Crippen molar-refractivity contribution in [1.29, 1.82) is 0 Å². The fourth-order valence-electron chi connectivity index (χ4n) is 2.87. The van der Waals surface area contributed by atoms with E-state index >= 15 is 0 Å². The van der Waals surface area contributed by atoms with Gasteiger partial charge in [0.2, 0.25) is 0 Å². The van der Waals surface area contributed by atoms with Crippen molar-refractivity contribution in [3.63, 3.8) is 0 Å². The molecule has 156 valence electrons. The molecule has 0 aliphatic carbocycles. The zero-order chi connectivity index (χ0) is 21.0. The second-order valence-corrected chi connectivity index (χ2v) is 11.6. The summed E-state index contributed by atoms with van der Waals surface area (Å²) < 4.78 is 54.5. The van der Waals surface area contributed by atoms with Crippen LogP contribution in [-0.4, -0.2) is 40.1 Å². The molecule has 1 saturated heterocycles. The molecule has 0 aromatic carbocycles. The summed E-state index contributed by atoms with van der Waals surface area (Å²) in [5.41, 5.74) is -2.10. The van der Waals surface area contributed by atoms with Crippen molar-refractivity contribution in [3.8, 4) is 0 Å². The lowest BCUT2D eigenvalue weighted by Crippen LogP contribution is -2.48. The summed E-state index contributed by atoms with van der Waals surface area (Å²) in [7, 11) is -15.8. The largest absolute Gasteiger partial charge is 0.485 e. The van der Waals surface area contributed by atoms with Gasteiger partial charge in [0.25, 0.3) is 0 Å². The maximum Gasteiger partial charge on any atom is 0.485 e. The number of rotatable bonds is 7. The molecule has 1 aliphatic heterocycles. The molecule has 3 N–H and O–H groups in total. The Morgan fingerprint density at radius 1 is 0.885 bits per heavy atom. The third-order valence-corrected chi connectivity index (χ3v) is 9.07. The maximum atomic E-state index is 12.5. The summed E-state index contributed by atoms with van der Waals surface area (Å²) in [4.78, 5) is 26.6. The van der Waals surface area contributed by atoms with E-state index in [0.29, 0.717) is 0 Å².